The summed E-state index contributed by atoms with van der Waals surface area (Å²) in [6.07, 6.45) is 3.48. The minimum Gasteiger partial charge on any atom is -0.352 e. The van der Waals surface area contributed by atoms with Gasteiger partial charge in [-0.25, -0.2) is 4.98 Å². The Morgan fingerprint density at radius 2 is 2.19 bits per heavy atom. The van der Waals surface area contributed by atoms with Crippen LogP contribution < -0.4 is 5.32 Å². The minimum atomic E-state index is -0.0887. The second kappa shape index (κ2) is 7.04. The fourth-order valence-corrected chi connectivity index (χ4v) is 3.10. The average Bonchev–Trinajstić information content (AvgIpc) is 2.94. The zero-order valence-electron chi connectivity index (χ0n) is 12.4. The smallest absolute Gasteiger partial charge is 0.254 e. The number of amides is 1. The monoisotopic (exact) mass is 326 g/mol. The van der Waals surface area contributed by atoms with Crippen LogP contribution in [0, 0.1) is 13.8 Å². The van der Waals surface area contributed by atoms with Crippen molar-refractivity contribution in [2.24, 2.45) is 0 Å². The lowest BCUT2D eigenvalue weighted by Crippen LogP contribution is -2.26. The van der Waals surface area contributed by atoms with Gasteiger partial charge in [-0.05, 0) is 20.3 Å². The highest BCUT2D eigenvalue weighted by Crippen LogP contribution is 2.23. The Bertz CT molecular complexity index is 615. The lowest BCUT2D eigenvalue weighted by molar-refractivity contribution is 0.0953. The Balaban J connectivity index is 1.89. The Kier molecular flexibility index (Phi) is 5.36. The first kappa shape index (κ1) is 16.0. The summed E-state index contributed by atoms with van der Waals surface area (Å²) in [5.74, 6) is -0.0887. The molecular formula is C14H19ClN4OS. The van der Waals surface area contributed by atoms with Crippen LogP contribution in [0.4, 0.5) is 0 Å². The normalized spacial score (nSPS) is 10.9. The van der Waals surface area contributed by atoms with E-state index in [0.29, 0.717) is 22.9 Å². The maximum absolute atomic E-state index is 12.1. The molecule has 0 saturated carbocycles. The fourth-order valence-electron chi connectivity index (χ4n) is 2.00. The van der Waals surface area contributed by atoms with Gasteiger partial charge in [-0.15, -0.1) is 11.3 Å². The summed E-state index contributed by atoms with van der Waals surface area (Å²) in [7, 11) is 0. The molecule has 2 rings (SSSR count). The lowest BCUT2D eigenvalue weighted by atomic mass is 10.2. The molecule has 0 fully saturated rings. The van der Waals surface area contributed by atoms with Crippen LogP contribution in [0.3, 0.4) is 0 Å². The summed E-state index contributed by atoms with van der Waals surface area (Å²) in [6, 6.07) is 0. The summed E-state index contributed by atoms with van der Waals surface area (Å²) in [4.78, 5) is 16.5. The van der Waals surface area contributed by atoms with E-state index in [1.165, 1.54) is 11.3 Å². The van der Waals surface area contributed by atoms with Gasteiger partial charge in [-0.2, -0.15) is 5.10 Å². The molecule has 114 valence electrons. The molecule has 2 aromatic heterocycles. The van der Waals surface area contributed by atoms with Crippen LogP contribution in [0.15, 0.2) is 6.20 Å². The van der Waals surface area contributed by atoms with Crippen LogP contribution in [-0.2, 0) is 13.0 Å². The van der Waals surface area contributed by atoms with E-state index in [0.717, 1.165) is 29.4 Å². The third-order valence-electron chi connectivity index (χ3n) is 3.05. The van der Waals surface area contributed by atoms with Crippen LogP contribution in [0.5, 0.6) is 0 Å². The number of hydrogen-bond donors (Lipinski definition) is 1. The molecule has 1 amide bonds. The van der Waals surface area contributed by atoms with E-state index in [1.807, 2.05) is 18.5 Å². The van der Waals surface area contributed by atoms with Gasteiger partial charge in [0.15, 0.2) is 0 Å². The molecule has 0 bridgehead atoms. The molecular weight excluding hydrogens is 308 g/mol. The zero-order chi connectivity index (χ0) is 15.4. The number of carbonyl (C=O) groups is 1. The number of carbonyl (C=O) groups excluding carboxylic acids is 1. The van der Waals surface area contributed by atoms with Gasteiger partial charge >= 0.3 is 0 Å². The standard InChI is InChI=1S/C14H19ClN4OS/c1-4-7-19-8-11(9(2)18-19)14(20)16-6-5-12-17-10(3)13(15)21-12/h8H,4-7H2,1-3H3,(H,16,20). The molecule has 21 heavy (non-hydrogen) atoms. The van der Waals surface area contributed by atoms with E-state index in [9.17, 15) is 4.79 Å². The number of nitrogens with zero attached hydrogens (tertiary/aromatic N) is 3. The molecule has 0 aliphatic heterocycles. The van der Waals surface area contributed by atoms with Crippen molar-refractivity contribution in [3.8, 4) is 0 Å². The second-order valence-corrected chi connectivity index (χ2v) is 6.55. The highest BCUT2D eigenvalue weighted by molar-refractivity contribution is 7.16. The summed E-state index contributed by atoms with van der Waals surface area (Å²) in [5.41, 5.74) is 2.24. The quantitative estimate of drug-likeness (QED) is 0.887. The number of rotatable bonds is 6. The van der Waals surface area contributed by atoms with Gasteiger partial charge in [0.2, 0.25) is 0 Å². The Hall–Kier alpha value is -1.40. The predicted molar refractivity (Wildman–Crippen MR) is 85.2 cm³/mol. The molecule has 0 atom stereocenters. The Morgan fingerprint density at radius 3 is 2.81 bits per heavy atom. The summed E-state index contributed by atoms with van der Waals surface area (Å²) >= 11 is 7.44. The van der Waals surface area contributed by atoms with Gasteiger partial charge in [0.1, 0.15) is 4.34 Å². The molecule has 5 nitrogen and oxygen atoms in total. The molecule has 0 aliphatic carbocycles. The molecule has 1 N–H and O–H groups in total. The number of thiazole rings is 1. The highest BCUT2D eigenvalue weighted by Gasteiger charge is 2.13. The molecule has 0 radical (unpaired) electrons. The Labute approximate surface area is 133 Å². The van der Waals surface area contributed by atoms with Crippen molar-refractivity contribution >= 4 is 28.8 Å². The van der Waals surface area contributed by atoms with Crippen molar-refractivity contribution in [2.75, 3.05) is 6.54 Å². The van der Waals surface area contributed by atoms with E-state index < -0.39 is 0 Å². The number of hydrogen-bond acceptors (Lipinski definition) is 4. The second-order valence-electron chi connectivity index (χ2n) is 4.86. The summed E-state index contributed by atoms with van der Waals surface area (Å²) in [6.45, 7) is 7.18. The SMILES string of the molecule is CCCn1cc(C(=O)NCCc2nc(C)c(Cl)s2)c(C)n1. The highest BCUT2D eigenvalue weighted by atomic mass is 35.5. The molecule has 0 aromatic carbocycles. The number of aryl methyl sites for hydroxylation is 3. The van der Waals surface area contributed by atoms with Crippen molar-refractivity contribution in [3.05, 3.63) is 32.5 Å². The van der Waals surface area contributed by atoms with E-state index in [1.54, 1.807) is 6.20 Å². The largest absolute Gasteiger partial charge is 0.352 e. The topological polar surface area (TPSA) is 59.8 Å². The zero-order valence-corrected chi connectivity index (χ0v) is 14.0. The number of nitrogens with one attached hydrogen (secondary N) is 1. The van der Waals surface area contributed by atoms with Gasteiger partial charge in [0.25, 0.3) is 5.91 Å². The maximum Gasteiger partial charge on any atom is 0.254 e. The lowest BCUT2D eigenvalue weighted by Gasteiger charge is -2.02. The van der Waals surface area contributed by atoms with Crippen molar-refractivity contribution in [1.29, 1.82) is 0 Å². The predicted octanol–water partition coefficient (Wildman–Crippen LogP) is 2.99. The van der Waals surface area contributed by atoms with Crippen LogP contribution in [0.1, 0.15) is 40.1 Å². The molecule has 7 heteroatoms. The van der Waals surface area contributed by atoms with Gasteiger partial charge in [0.05, 0.1) is 22.0 Å². The first-order chi connectivity index (χ1) is 10.0. The fraction of sp³-hybridized carbons (Fsp3) is 0.500. The summed E-state index contributed by atoms with van der Waals surface area (Å²) < 4.78 is 2.53. The van der Waals surface area contributed by atoms with Crippen molar-refractivity contribution in [3.63, 3.8) is 0 Å². The molecule has 0 spiro atoms. The van der Waals surface area contributed by atoms with Crippen molar-refractivity contribution < 1.29 is 4.79 Å². The van der Waals surface area contributed by atoms with Crippen LogP contribution >= 0.6 is 22.9 Å². The van der Waals surface area contributed by atoms with Crippen LogP contribution in [0.25, 0.3) is 0 Å². The number of halogens is 1. The van der Waals surface area contributed by atoms with Crippen LogP contribution in [0.2, 0.25) is 4.34 Å². The van der Waals surface area contributed by atoms with Gasteiger partial charge in [-0.1, -0.05) is 18.5 Å². The van der Waals surface area contributed by atoms with E-state index in [4.69, 9.17) is 11.6 Å². The van der Waals surface area contributed by atoms with Gasteiger partial charge < -0.3 is 5.32 Å². The third-order valence-corrected chi connectivity index (χ3v) is 4.56. The molecule has 2 aromatic rings. The van der Waals surface area contributed by atoms with E-state index in [2.05, 4.69) is 22.3 Å². The number of aromatic nitrogens is 3. The van der Waals surface area contributed by atoms with E-state index in [-0.39, 0.29) is 5.91 Å². The maximum atomic E-state index is 12.1. The molecule has 0 aliphatic rings. The van der Waals surface area contributed by atoms with Crippen LogP contribution in [-0.4, -0.2) is 27.2 Å². The Morgan fingerprint density at radius 1 is 1.43 bits per heavy atom. The van der Waals surface area contributed by atoms with Gasteiger partial charge in [-0.3, -0.25) is 9.48 Å². The van der Waals surface area contributed by atoms with Crippen molar-refractivity contribution in [2.45, 2.75) is 40.2 Å². The summed E-state index contributed by atoms with van der Waals surface area (Å²) in [5, 5.41) is 8.18. The van der Waals surface area contributed by atoms with E-state index >= 15 is 0 Å². The van der Waals surface area contributed by atoms with Crippen molar-refractivity contribution in [1.82, 2.24) is 20.1 Å². The molecule has 0 unspecified atom stereocenters. The van der Waals surface area contributed by atoms with Gasteiger partial charge in [0, 0.05) is 25.7 Å². The molecule has 2 heterocycles. The third kappa shape index (κ3) is 4.04. The minimum absolute atomic E-state index is 0.0887. The first-order valence-corrected chi connectivity index (χ1v) is 8.14. The first-order valence-electron chi connectivity index (χ1n) is 6.95. The average molecular weight is 327 g/mol. The molecule has 0 saturated heterocycles.